The highest BCUT2D eigenvalue weighted by molar-refractivity contribution is 5.89. The normalized spacial score (nSPS) is 10.9. The summed E-state index contributed by atoms with van der Waals surface area (Å²) in [5.41, 5.74) is 6.98. The van der Waals surface area contributed by atoms with E-state index < -0.39 is 17.7 Å². The number of ether oxygens (including phenoxy) is 3. The van der Waals surface area contributed by atoms with Gasteiger partial charge >= 0.3 is 12.1 Å². The van der Waals surface area contributed by atoms with Crippen molar-refractivity contribution in [2.75, 3.05) is 18.2 Å². The van der Waals surface area contributed by atoms with Crippen LogP contribution in [0, 0.1) is 0 Å². The summed E-state index contributed by atoms with van der Waals surface area (Å²) >= 11 is 0. The van der Waals surface area contributed by atoms with Crippen molar-refractivity contribution in [2.24, 2.45) is 0 Å². The molecule has 0 radical (unpaired) electrons. The molecule has 0 aliphatic rings. The summed E-state index contributed by atoms with van der Waals surface area (Å²) in [5, 5.41) is 5.68. The Morgan fingerprint density at radius 1 is 1.00 bits per heavy atom. The Labute approximate surface area is 203 Å². The molecule has 35 heavy (non-hydrogen) atoms. The van der Waals surface area contributed by atoms with Crippen molar-refractivity contribution in [1.82, 2.24) is 20.3 Å². The fourth-order valence-corrected chi connectivity index (χ4v) is 2.89. The number of alkyl carbamates (subject to hydrolysis) is 1. The molecule has 1 heterocycles. The smallest absolute Gasteiger partial charge is 0.407 e. The van der Waals surface area contributed by atoms with Crippen LogP contribution in [0.4, 0.5) is 22.4 Å². The van der Waals surface area contributed by atoms with Crippen molar-refractivity contribution in [3.63, 3.8) is 0 Å². The molecule has 0 saturated carbocycles. The number of nitrogens with two attached hydrogens (primary N) is 1. The maximum absolute atomic E-state index is 12.4. The van der Waals surface area contributed by atoms with Crippen molar-refractivity contribution in [3.8, 4) is 5.75 Å². The average molecular weight is 481 g/mol. The second-order valence-corrected chi connectivity index (χ2v) is 8.39. The maximum Gasteiger partial charge on any atom is 0.407 e. The fourth-order valence-electron chi connectivity index (χ4n) is 2.89. The van der Waals surface area contributed by atoms with E-state index in [1.165, 1.54) is 0 Å². The zero-order valence-corrected chi connectivity index (χ0v) is 20.0. The van der Waals surface area contributed by atoms with E-state index in [9.17, 15) is 9.59 Å². The van der Waals surface area contributed by atoms with Gasteiger partial charge in [0.05, 0.1) is 18.4 Å². The number of nitrogens with zero attached hydrogens (tertiary/aromatic N) is 3. The van der Waals surface area contributed by atoms with Gasteiger partial charge in [-0.05, 0) is 50.6 Å². The predicted octanol–water partition coefficient (Wildman–Crippen LogP) is 3.59. The quantitative estimate of drug-likeness (QED) is 0.408. The number of carbonyl (C=O) groups is 2. The van der Waals surface area contributed by atoms with Gasteiger partial charge in [0.1, 0.15) is 11.4 Å². The van der Waals surface area contributed by atoms with Crippen LogP contribution >= 0.6 is 0 Å². The van der Waals surface area contributed by atoms with Gasteiger partial charge in [-0.1, -0.05) is 24.3 Å². The number of nitrogen functional groups attached to an aromatic ring is 1. The van der Waals surface area contributed by atoms with Gasteiger partial charge in [-0.15, -0.1) is 0 Å². The van der Waals surface area contributed by atoms with E-state index in [-0.39, 0.29) is 30.9 Å². The Hall–Kier alpha value is -4.41. The van der Waals surface area contributed by atoms with Crippen molar-refractivity contribution in [3.05, 3.63) is 65.5 Å². The van der Waals surface area contributed by atoms with Crippen LogP contribution in [0.15, 0.2) is 48.5 Å². The van der Waals surface area contributed by atoms with E-state index in [1.54, 1.807) is 64.3 Å². The summed E-state index contributed by atoms with van der Waals surface area (Å²) in [4.78, 5) is 36.5. The molecule has 0 bridgehead atoms. The third-order valence-electron chi connectivity index (χ3n) is 4.41. The Balaban J connectivity index is 1.57. The number of anilines is 3. The lowest BCUT2D eigenvalue weighted by Gasteiger charge is -2.19. The van der Waals surface area contributed by atoms with Crippen LogP contribution in [-0.4, -0.2) is 39.7 Å². The molecule has 0 unspecified atom stereocenters. The Morgan fingerprint density at radius 2 is 1.71 bits per heavy atom. The van der Waals surface area contributed by atoms with Gasteiger partial charge in [0, 0.05) is 6.54 Å². The number of rotatable bonds is 8. The Morgan fingerprint density at radius 3 is 2.40 bits per heavy atom. The van der Waals surface area contributed by atoms with Gasteiger partial charge in [0.25, 0.3) is 0 Å². The molecule has 0 atom stereocenters. The number of nitrogens with one attached hydrogen (secondary N) is 2. The summed E-state index contributed by atoms with van der Waals surface area (Å²) in [6.45, 7) is 5.42. The number of carbonyl (C=O) groups excluding carboxylic acids is 2. The predicted molar refractivity (Wildman–Crippen MR) is 129 cm³/mol. The molecule has 11 nitrogen and oxygen atoms in total. The van der Waals surface area contributed by atoms with E-state index in [2.05, 4.69) is 25.6 Å². The van der Waals surface area contributed by atoms with Gasteiger partial charge in [-0.2, -0.15) is 15.0 Å². The topological polar surface area (TPSA) is 151 Å². The minimum atomic E-state index is -0.577. The highest BCUT2D eigenvalue weighted by Gasteiger charge is 2.16. The molecule has 4 N–H and O–H groups in total. The van der Waals surface area contributed by atoms with Crippen molar-refractivity contribution < 1.29 is 23.8 Å². The lowest BCUT2D eigenvalue weighted by molar-refractivity contribution is 0.0460. The number of hydrogen-bond donors (Lipinski definition) is 3. The standard InChI is InChI=1S/C24H28N6O5/c1-24(2,3)35-23(32)26-13-15-9-11-16(12-10-15)20(31)34-14-19-28-21(25)30-22(29-19)27-17-7-5-6-8-18(17)33-4/h5-12H,13-14H2,1-4H3,(H,26,32)(H3,25,27,28,29,30). The first-order chi connectivity index (χ1) is 16.6. The highest BCUT2D eigenvalue weighted by atomic mass is 16.6. The van der Waals surface area contributed by atoms with Crippen LogP contribution in [0.2, 0.25) is 0 Å². The highest BCUT2D eigenvalue weighted by Crippen LogP contribution is 2.25. The number of methoxy groups -OCH3 is 1. The number of hydrogen-bond acceptors (Lipinski definition) is 10. The van der Waals surface area contributed by atoms with Crippen LogP contribution in [0.3, 0.4) is 0 Å². The van der Waals surface area contributed by atoms with E-state index >= 15 is 0 Å². The van der Waals surface area contributed by atoms with Crippen LogP contribution in [0.25, 0.3) is 0 Å². The molecule has 11 heteroatoms. The van der Waals surface area contributed by atoms with Crippen molar-refractivity contribution in [2.45, 2.75) is 39.5 Å². The second-order valence-electron chi connectivity index (χ2n) is 8.39. The first-order valence-corrected chi connectivity index (χ1v) is 10.8. The summed E-state index contributed by atoms with van der Waals surface area (Å²) < 4.78 is 15.8. The van der Waals surface area contributed by atoms with Crippen molar-refractivity contribution >= 4 is 29.6 Å². The van der Waals surface area contributed by atoms with Crippen molar-refractivity contribution in [1.29, 1.82) is 0 Å². The van der Waals surface area contributed by atoms with Crippen LogP contribution in [0.5, 0.6) is 5.75 Å². The maximum atomic E-state index is 12.4. The lowest BCUT2D eigenvalue weighted by atomic mass is 10.1. The summed E-state index contributed by atoms with van der Waals surface area (Å²) in [6.07, 6.45) is -0.517. The molecule has 1 amide bonds. The molecule has 0 fully saturated rings. The Bertz CT molecular complexity index is 1180. The molecule has 2 aromatic carbocycles. The third kappa shape index (κ3) is 7.84. The van der Waals surface area contributed by atoms with E-state index in [4.69, 9.17) is 19.9 Å². The van der Waals surface area contributed by atoms with Gasteiger partial charge in [-0.3, -0.25) is 0 Å². The van der Waals surface area contributed by atoms with Crippen LogP contribution < -0.4 is 21.1 Å². The molecule has 3 rings (SSSR count). The minimum absolute atomic E-state index is 0.0229. The molecule has 0 saturated heterocycles. The van der Waals surface area contributed by atoms with E-state index in [1.807, 2.05) is 12.1 Å². The first kappa shape index (κ1) is 25.2. The van der Waals surface area contributed by atoms with Crippen LogP contribution in [0.1, 0.15) is 42.5 Å². The molecule has 0 spiro atoms. The van der Waals surface area contributed by atoms with Gasteiger partial charge in [0.2, 0.25) is 11.9 Å². The molecule has 0 aliphatic carbocycles. The van der Waals surface area contributed by atoms with E-state index in [0.717, 1.165) is 5.56 Å². The number of benzene rings is 2. The number of aromatic nitrogens is 3. The minimum Gasteiger partial charge on any atom is -0.495 e. The molecule has 1 aromatic heterocycles. The first-order valence-electron chi connectivity index (χ1n) is 10.8. The second kappa shape index (κ2) is 11.1. The molecule has 3 aromatic rings. The average Bonchev–Trinajstić information content (AvgIpc) is 2.80. The zero-order chi connectivity index (χ0) is 25.4. The van der Waals surface area contributed by atoms with Crippen LogP contribution in [-0.2, 0) is 22.6 Å². The third-order valence-corrected chi connectivity index (χ3v) is 4.41. The number of amides is 1. The summed E-state index contributed by atoms with van der Waals surface area (Å²) in [6, 6.07) is 13.9. The number of esters is 1. The lowest BCUT2D eigenvalue weighted by Crippen LogP contribution is -2.32. The molecule has 0 aliphatic heterocycles. The zero-order valence-electron chi connectivity index (χ0n) is 20.0. The summed E-state index contributed by atoms with van der Waals surface area (Å²) in [5.74, 6) is 0.390. The van der Waals surface area contributed by atoms with Gasteiger partial charge in [0.15, 0.2) is 12.4 Å². The fraction of sp³-hybridized carbons (Fsp3) is 0.292. The monoisotopic (exact) mass is 480 g/mol. The van der Waals surface area contributed by atoms with Gasteiger partial charge < -0.3 is 30.6 Å². The molecular formula is C24H28N6O5. The van der Waals surface area contributed by atoms with E-state index in [0.29, 0.717) is 17.0 Å². The molecular weight excluding hydrogens is 452 g/mol. The number of para-hydroxylation sites is 2. The largest absolute Gasteiger partial charge is 0.495 e. The summed E-state index contributed by atoms with van der Waals surface area (Å²) in [7, 11) is 1.55. The molecule has 184 valence electrons. The SMILES string of the molecule is COc1ccccc1Nc1nc(N)nc(COC(=O)c2ccc(CNC(=O)OC(C)(C)C)cc2)n1. The van der Waals surface area contributed by atoms with Gasteiger partial charge in [-0.25, -0.2) is 9.59 Å². The Kier molecular flexibility index (Phi) is 8.03.